The van der Waals surface area contributed by atoms with Gasteiger partial charge in [0.2, 0.25) is 0 Å². The molecule has 3 rings (SSSR count). The van der Waals surface area contributed by atoms with Gasteiger partial charge in [-0.15, -0.1) is 5.10 Å². The lowest BCUT2D eigenvalue weighted by Gasteiger charge is -2.07. The van der Waals surface area contributed by atoms with Gasteiger partial charge in [0.1, 0.15) is 11.3 Å². The van der Waals surface area contributed by atoms with Gasteiger partial charge in [-0.3, -0.25) is 0 Å². The lowest BCUT2D eigenvalue weighted by Crippen LogP contribution is -1.98. The van der Waals surface area contributed by atoms with Crippen LogP contribution in [0.2, 0.25) is 0 Å². The van der Waals surface area contributed by atoms with Crippen molar-refractivity contribution in [1.29, 1.82) is 0 Å². The predicted molar refractivity (Wildman–Crippen MR) is 80.1 cm³/mol. The number of benzene rings is 2. The molecule has 0 aliphatic rings. The summed E-state index contributed by atoms with van der Waals surface area (Å²) in [7, 11) is 1.59. The highest BCUT2D eigenvalue weighted by atomic mass is 79.9. The predicted octanol–water partition coefficient (Wildman–Crippen LogP) is 2.89. The third-order valence-electron chi connectivity index (χ3n) is 3.07. The summed E-state index contributed by atoms with van der Waals surface area (Å²) in [5, 5.41) is 17.1. The zero-order chi connectivity index (χ0) is 15.0. The fourth-order valence-electron chi connectivity index (χ4n) is 2.03. The number of carboxylic acid groups (broad SMARTS) is 1. The number of hydrogen-bond donors (Lipinski definition) is 1. The minimum atomic E-state index is -0.989. The van der Waals surface area contributed by atoms with Crippen LogP contribution in [0.1, 0.15) is 10.4 Å². The van der Waals surface area contributed by atoms with Crippen LogP contribution in [0.3, 0.4) is 0 Å². The maximum absolute atomic E-state index is 11.0. The van der Waals surface area contributed by atoms with E-state index in [2.05, 4.69) is 26.2 Å². The van der Waals surface area contributed by atoms with Crippen molar-refractivity contribution in [2.75, 3.05) is 7.11 Å². The second-order valence-corrected chi connectivity index (χ2v) is 5.18. The van der Waals surface area contributed by atoms with E-state index in [1.54, 1.807) is 17.9 Å². The van der Waals surface area contributed by atoms with Gasteiger partial charge < -0.3 is 9.84 Å². The fraction of sp³-hybridized carbons (Fsp3) is 0.0714. The van der Waals surface area contributed by atoms with Crippen LogP contribution in [-0.2, 0) is 0 Å². The van der Waals surface area contributed by atoms with Gasteiger partial charge in [-0.05, 0) is 46.3 Å². The topological polar surface area (TPSA) is 77.2 Å². The van der Waals surface area contributed by atoms with Crippen LogP contribution in [-0.4, -0.2) is 33.2 Å². The van der Waals surface area contributed by atoms with Crippen molar-refractivity contribution in [3.8, 4) is 11.4 Å². The molecule has 6 nitrogen and oxygen atoms in total. The van der Waals surface area contributed by atoms with E-state index in [-0.39, 0.29) is 5.56 Å². The summed E-state index contributed by atoms with van der Waals surface area (Å²) >= 11 is 3.39. The molecule has 0 saturated heterocycles. The van der Waals surface area contributed by atoms with Crippen molar-refractivity contribution in [1.82, 2.24) is 15.0 Å². The first-order chi connectivity index (χ1) is 10.1. The summed E-state index contributed by atoms with van der Waals surface area (Å²) in [4.78, 5) is 11.0. The normalized spacial score (nSPS) is 10.8. The number of methoxy groups -OCH3 is 1. The van der Waals surface area contributed by atoms with E-state index < -0.39 is 5.97 Å². The van der Waals surface area contributed by atoms with Gasteiger partial charge in [0.15, 0.2) is 0 Å². The van der Waals surface area contributed by atoms with Crippen molar-refractivity contribution in [3.05, 3.63) is 46.4 Å². The number of carbonyl (C=O) groups is 1. The Morgan fingerprint density at radius 1 is 1.29 bits per heavy atom. The molecule has 7 heteroatoms. The van der Waals surface area contributed by atoms with Gasteiger partial charge in [-0.1, -0.05) is 5.21 Å². The zero-order valence-electron chi connectivity index (χ0n) is 10.9. The van der Waals surface area contributed by atoms with Gasteiger partial charge in [0.05, 0.1) is 28.4 Å². The summed E-state index contributed by atoms with van der Waals surface area (Å²) < 4.78 is 7.73. The Hall–Kier alpha value is -2.41. The van der Waals surface area contributed by atoms with Crippen LogP contribution >= 0.6 is 15.9 Å². The number of hydrogen-bond acceptors (Lipinski definition) is 4. The molecule has 0 radical (unpaired) electrons. The summed E-state index contributed by atoms with van der Waals surface area (Å²) in [5.41, 5.74) is 2.21. The van der Waals surface area contributed by atoms with Gasteiger partial charge in [0.25, 0.3) is 0 Å². The first-order valence-corrected chi connectivity index (χ1v) is 6.82. The summed E-state index contributed by atoms with van der Waals surface area (Å²) in [5.74, 6) is -0.310. The molecule has 0 unspecified atom stereocenters. The maximum Gasteiger partial charge on any atom is 0.335 e. The van der Waals surface area contributed by atoms with Gasteiger partial charge in [-0.25, -0.2) is 9.48 Å². The molecule has 21 heavy (non-hydrogen) atoms. The third-order valence-corrected chi connectivity index (χ3v) is 3.73. The molecule has 0 fully saturated rings. The SMILES string of the molecule is COc1cc(-n2nnc3cc(C(=O)O)ccc32)ccc1Br. The van der Waals surface area contributed by atoms with Crippen molar-refractivity contribution >= 4 is 32.9 Å². The second-order valence-electron chi connectivity index (χ2n) is 4.33. The maximum atomic E-state index is 11.0. The molecular weight excluding hydrogens is 338 g/mol. The van der Waals surface area contributed by atoms with Gasteiger partial charge in [-0.2, -0.15) is 0 Å². The van der Waals surface area contributed by atoms with Crippen LogP contribution in [0.25, 0.3) is 16.7 Å². The van der Waals surface area contributed by atoms with E-state index in [0.717, 1.165) is 15.7 Å². The molecule has 2 aromatic carbocycles. The van der Waals surface area contributed by atoms with E-state index in [0.29, 0.717) is 11.3 Å². The summed E-state index contributed by atoms with van der Waals surface area (Å²) in [6, 6.07) is 10.3. The van der Waals surface area contributed by atoms with Gasteiger partial charge in [0, 0.05) is 6.07 Å². The molecule has 0 amide bonds. The third kappa shape index (κ3) is 2.36. The average Bonchev–Trinajstić information content (AvgIpc) is 2.90. The Balaban J connectivity index is 2.15. The summed E-state index contributed by atoms with van der Waals surface area (Å²) in [6.45, 7) is 0. The molecule has 1 heterocycles. The molecule has 0 aliphatic heterocycles. The number of carboxylic acids is 1. The van der Waals surface area contributed by atoms with Crippen LogP contribution in [0, 0.1) is 0 Å². The van der Waals surface area contributed by atoms with Crippen molar-refractivity contribution in [2.45, 2.75) is 0 Å². The fourth-order valence-corrected chi connectivity index (χ4v) is 2.44. The van der Waals surface area contributed by atoms with E-state index >= 15 is 0 Å². The first kappa shape index (κ1) is 13.6. The highest BCUT2D eigenvalue weighted by molar-refractivity contribution is 9.10. The van der Waals surface area contributed by atoms with Gasteiger partial charge >= 0.3 is 5.97 Å². The average molecular weight is 348 g/mol. The molecule has 0 atom stereocenters. The molecule has 3 aromatic rings. The largest absolute Gasteiger partial charge is 0.495 e. The molecule has 1 aromatic heterocycles. The Labute approximate surface area is 128 Å². The number of rotatable bonds is 3. The highest BCUT2D eigenvalue weighted by Crippen LogP contribution is 2.28. The molecule has 0 bridgehead atoms. The van der Waals surface area contributed by atoms with Crippen LogP contribution in [0.5, 0.6) is 5.75 Å². The van der Waals surface area contributed by atoms with E-state index in [4.69, 9.17) is 9.84 Å². The van der Waals surface area contributed by atoms with Crippen molar-refractivity contribution < 1.29 is 14.6 Å². The Bertz CT molecular complexity index is 845. The molecule has 0 aliphatic carbocycles. The number of aromatic nitrogens is 3. The number of halogens is 1. The minimum Gasteiger partial charge on any atom is -0.495 e. The van der Waals surface area contributed by atoms with Crippen LogP contribution in [0.15, 0.2) is 40.9 Å². The Morgan fingerprint density at radius 2 is 2.10 bits per heavy atom. The van der Waals surface area contributed by atoms with Crippen LogP contribution < -0.4 is 4.74 Å². The number of ether oxygens (including phenoxy) is 1. The number of fused-ring (bicyclic) bond motifs is 1. The smallest absolute Gasteiger partial charge is 0.335 e. The molecule has 1 N–H and O–H groups in total. The number of nitrogens with zero attached hydrogens (tertiary/aromatic N) is 3. The lowest BCUT2D eigenvalue weighted by molar-refractivity contribution is 0.0697. The van der Waals surface area contributed by atoms with E-state index in [1.165, 1.54) is 12.1 Å². The zero-order valence-corrected chi connectivity index (χ0v) is 12.5. The molecule has 0 spiro atoms. The quantitative estimate of drug-likeness (QED) is 0.788. The highest BCUT2D eigenvalue weighted by Gasteiger charge is 2.11. The monoisotopic (exact) mass is 347 g/mol. The first-order valence-electron chi connectivity index (χ1n) is 6.03. The summed E-state index contributed by atoms with van der Waals surface area (Å²) in [6.07, 6.45) is 0. The van der Waals surface area contributed by atoms with Crippen molar-refractivity contribution in [2.24, 2.45) is 0 Å². The lowest BCUT2D eigenvalue weighted by atomic mass is 10.2. The van der Waals surface area contributed by atoms with E-state index in [9.17, 15) is 4.79 Å². The minimum absolute atomic E-state index is 0.183. The van der Waals surface area contributed by atoms with Crippen LogP contribution in [0.4, 0.5) is 0 Å². The Kier molecular flexibility index (Phi) is 3.34. The number of aromatic carboxylic acids is 1. The standard InChI is InChI=1S/C14H10BrN3O3/c1-21-13-7-9(3-4-10(13)15)18-12-5-2-8(14(19)20)6-11(12)16-17-18/h2-7H,1H3,(H,19,20). The molecular formula is C14H10BrN3O3. The second kappa shape index (κ2) is 5.17. The molecule has 106 valence electrons. The Morgan fingerprint density at radius 3 is 2.81 bits per heavy atom. The molecule has 0 saturated carbocycles. The van der Waals surface area contributed by atoms with E-state index in [1.807, 2.05) is 18.2 Å². The van der Waals surface area contributed by atoms with Crippen molar-refractivity contribution in [3.63, 3.8) is 0 Å².